The third-order valence-electron chi connectivity index (χ3n) is 3.96. The van der Waals surface area contributed by atoms with Crippen molar-refractivity contribution in [2.75, 3.05) is 5.84 Å². The molecule has 26 heavy (non-hydrogen) atoms. The molecule has 2 heterocycles. The molecule has 126 valence electrons. The van der Waals surface area contributed by atoms with E-state index in [1.807, 2.05) is 60.7 Å². The van der Waals surface area contributed by atoms with Gasteiger partial charge in [-0.25, -0.2) is 14.5 Å². The highest BCUT2D eigenvalue weighted by molar-refractivity contribution is 7.71. The van der Waals surface area contributed by atoms with Crippen LogP contribution in [0.3, 0.4) is 0 Å². The van der Waals surface area contributed by atoms with Gasteiger partial charge in [-0.15, -0.1) is 0 Å². The van der Waals surface area contributed by atoms with Crippen molar-refractivity contribution in [2.24, 2.45) is 0 Å². The van der Waals surface area contributed by atoms with Gasteiger partial charge in [-0.1, -0.05) is 48.5 Å². The van der Waals surface area contributed by atoms with Crippen molar-refractivity contribution in [1.82, 2.24) is 24.7 Å². The van der Waals surface area contributed by atoms with Crippen LogP contribution >= 0.6 is 12.2 Å². The molecule has 0 spiro atoms. The van der Waals surface area contributed by atoms with E-state index >= 15 is 0 Å². The number of nitrogens with zero attached hydrogens (tertiary/aromatic N) is 5. The highest BCUT2D eigenvalue weighted by atomic mass is 32.1. The predicted molar refractivity (Wildman–Crippen MR) is 100 cm³/mol. The Kier molecular flexibility index (Phi) is 3.84. The maximum absolute atomic E-state index is 9.86. The smallest absolute Gasteiger partial charge is 0.214 e. The van der Waals surface area contributed by atoms with Crippen LogP contribution in [0.2, 0.25) is 0 Å². The van der Waals surface area contributed by atoms with Crippen molar-refractivity contribution < 1.29 is 0 Å². The first kappa shape index (κ1) is 15.8. The molecule has 8 heteroatoms. The summed E-state index contributed by atoms with van der Waals surface area (Å²) in [4.78, 5) is 0. The second-order valence-corrected chi connectivity index (χ2v) is 5.91. The minimum Gasteiger partial charge on any atom is -0.335 e. The molecule has 0 amide bonds. The van der Waals surface area contributed by atoms with E-state index in [2.05, 4.69) is 21.4 Å². The molecule has 0 aliphatic carbocycles. The number of hydrogen-bond acceptors (Lipinski definition) is 5. The van der Waals surface area contributed by atoms with Gasteiger partial charge < -0.3 is 5.84 Å². The molecule has 2 aromatic carbocycles. The van der Waals surface area contributed by atoms with Gasteiger partial charge in [0, 0.05) is 5.56 Å². The fourth-order valence-corrected chi connectivity index (χ4v) is 2.90. The number of hydrogen-bond donors (Lipinski definition) is 2. The molecule has 0 aliphatic rings. The van der Waals surface area contributed by atoms with Gasteiger partial charge in [-0.3, -0.25) is 0 Å². The first-order valence-electron chi connectivity index (χ1n) is 7.77. The standard InChI is InChI=1S/C18H13N7S/c19-11-14-15(17-21-22-18(26)24(17)20)23-25(13-9-5-2-6-10-13)16(14)12-7-3-1-4-8-12/h1-10H,20H2,(H,22,26). The number of rotatable bonds is 3. The Hall–Kier alpha value is -3.70. The summed E-state index contributed by atoms with van der Waals surface area (Å²) in [5, 5.41) is 21.3. The predicted octanol–water partition coefficient (Wildman–Crippen LogP) is 3.05. The molecule has 4 aromatic rings. The van der Waals surface area contributed by atoms with Gasteiger partial charge >= 0.3 is 0 Å². The maximum atomic E-state index is 9.86. The number of nitrogens with one attached hydrogen (secondary N) is 1. The Bertz CT molecular complexity index is 1160. The van der Waals surface area contributed by atoms with Gasteiger partial charge in [0.05, 0.1) is 11.4 Å². The van der Waals surface area contributed by atoms with Crippen LogP contribution < -0.4 is 5.84 Å². The maximum Gasteiger partial charge on any atom is 0.214 e. The molecule has 0 unspecified atom stereocenters. The van der Waals surface area contributed by atoms with Crippen LogP contribution in [0.4, 0.5) is 0 Å². The topological polar surface area (TPSA) is 101 Å². The van der Waals surface area contributed by atoms with Crippen LogP contribution in [-0.2, 0) is 0 Å². The average molecular weight is 359 g/mol. The third-order valence-corrected chi connectivity index (χ3v) is 4.25. The lowest BCUT2D eigenvalue weighted by Crippen LogP contribution is -2.10. The van der Waals surface area contributed by atoms with Crippen molar-refractivity contribution in [1.29, 1.82) is 5.26 Å². The molecule has 0 atom stereocenters. The zero-order chi connectivity index (χ0) is 18.1. The summed E-state index contributed by atoms with van der Waals surface area (Å²) < 4.78 is 3.18. The third kappa shape index (κ3) is 2.47. The SMILES string of the molecule is N#Cc1c(-c2n[nH]c(=S)n2N)nn(-c2ccccc2)c1-c1ccccc1. The Morgan fingerprint density at radius 3 is 2.27 bits per heavy atom. The van der Waals surface area contributed by atoms with Crippen molar-refractivity contribution in [3.05, 3.63) is 71.0 Å². The van der Waals surface area contributed by atoms with E-state index in [1.165, 1.54) is 4.68 Å². The van der Waals surface area contributed by atoms with E-state index in [4.69, 9.17) is 18.1 Å². The van der Waals surface area contributed by atoms with Gasteiger partial charge in [-0.2, -0.15) is 15.5 Å². The zero-order valence-corrected chi connectivity index (χ0v) is 14.3. The molecule has 0 saturated carbocycles. The number of nitrogens with two attached hydrogens (primary N) is 1. The van der Waals surface area contributed by atoms with E-state index in [0.29, 0.717) is 22.8 Å². The van der Waals surface area contributed by atoms with Crippen LogP contribution in [0.1, 0.15) is 5.56 Å². The summed E-state index contributed by atoms with van der Waals surface area (Å²) >= 11 is 5.08. The highest BCUT2D eigenvalue weighted by Gasteiger charge is 2.24. The number of para-hydroxylation sites is 1. The number of nitriles is 1. The molecule has 3 N–H and O–H groups in total. The lowest BCUT2D eigenvalue weighted by atomic mass is 10.1. The molecule has 7 nitrogen and oxygen atoms in total. The van der Waals surface area contributed by atoms with Crippen molar-refractivity contribution >= 4 is 12.2 Å². The molecular weight excluding hydrogens is 346 g/mol. The van der Waals surface area contributed by atoms with Gasteiger partial charge in [0.15, 0.2) is 5.69 Å². The molecule has 2 aromatic heterocycles. The normalized spacial score (nSPS) is 10.6. The van der Waals surface area contributed by atoms with Crippen LogP contribution in [0.15, 0.2) is 60.7 Å². The minimum atomic E-state index is 0.249. The zero-order valence-electron chi connectivity index (χ0n) is 13.5. The van der Waals surface area contributed by atoms with Crippen LogP contribution in [0, 0.1) is 16.1 Å². The molecule has 0 fully saturated rings. The molecular formula is C18H13N7S. The Morgan fingerprint density at radius 2 is 1.69 bits per heavy atom. The fraction of sp³-hybridized carbons (Fsp3) is 0. The van der Waals surface area contributed by atoms with E-state index in [0.717, 1.165) is 11.3 Å². The summed E-state index contributed by atoms with van der Waals surface area (Å²) in [7, 11) is 0. The summed E-state index contributed by atoms with van der Waals surface area (Å²) in [6.07, 6.45) is 0. The van der Waals surface area contributed by atoms with E-state index in [9.17, 15) is 5.26 Å². The number of nitrogen functional groups attached to an aromatic ring is 1. The largest absolute Gasteiger partial charge is 0.335 e. The van der Waals surface area contributed by atoms with Gasteiger partial charge in [-0.05, 0) is 24.4 Å². The second-order valence-electron chi connectivity index (χ2n) is 5.52. The van der Waals surface area contributed by atoms with Crippen LogP contribution in [0.25, 0.3) is 28.5 Å². The number of H-pyrrole nitrogens is 1. The molecule has 0 saturated heterocycles. The quantitative estimate of drug-likeness (QED) is 0.432. The van der Waals surface area contributed by atoms with Gasteiger partial charge in [0.25, 0.3) is 0 Å². The van der Waals surface area contributed by atoms with E-state index < -0.39 is 0 Å². The number of aromatic nitrogens is 5. The van der Waals surface area contributed by atoms with Crippen LogP contribution in [-0.4, -0.2) is 24.7 Å². The summed E-state index contributed by atoms with van der Waals surface area (Å²) in [5.74, 6) is 6.26. The molecule has 4 rings (SSSR count). The average Bonchev–Trinajstić information content (AvgIpc) is 3.23. The lowest BCUT2D eigenvalue weighted by molar-refractivity contribution is 0.879. The molecule has 0 aliphatic heterocycles. The first-order valence-corrected chi connectivity index (χ1v) is 8.18. The Morgan fingerprint density at radius 1 is 1.04 bits per heavy atom. The minimum absolute atomic E-state index is 0.249. The monoisotopic (exact) mass is 359 g/mol. The van der Waals surface area contributed by atoms with Crippen LogP contribution in [0.5, 0.6) is 0 Å². The lowest BCUT2D eigenvalue weighted by Gasteiger charge is -2.07. The van der Waals surface area contributed by atoms with Crippen molar-refractivity contribution in [3.8, 4) is 34.5 Å². The molecule has 0 bridgehead atoms. The van der Waals surface area contributed by atoms with Gasteiger partial charge in [0.1, 0.15) is 11.6 Å². The highest BCUT2D eigenvalue weighted by Crippen LogP contribution is 2.32. The Balaban J connectivity index is 2.07. The van der Waals surface area contributed by atoms with Gasteiger partial charge in [0.2, 0.25) is 10.6 Å². The first-order chi connectivity index (χ1) is 12.7. The Labute approximate surface area is 153 Å². The molecule has 0 radical (unpaired) electrons. The van der Waals surface area contributed by atoms with Crippen molar-refractivity contribution in [2.45, 2.75) is 0 Å². The summed E-state index contributed by atoms with van der Waals surface area (Å²) in [5.41, 5.74) is 3.10. The second kappa shape index (κ2) is 6.31. The number of benzene rings is 2. The summed E-state index contributed by atoms with van der Waals surface area (Å²) in [6.45, 7) is 0. The number of aromatic amines is 1. The summed E-state index contributed by atoms with van der Waals surface area (Å²) in [6, 6.07) is 21.5. The van der Waals surface area contributed by atoms with E-state index in [1.54, 1.807) is 4.68 Å². The fourth-order valence-electron chi connectivity index (χ4n) is 2.77. The van der Waals surface area contributed by atoms with E-state index in [-0.39, 0.29) is 4.77 Å². The van der Waals surface area contributed by atoms with Crippen molar-refractivity contribution in [3.63, 3.8) is 0 Å².